The van der Waals surface area contributed by atoms with Gasteiger partial charge in [0.1, 0.15) is 11.9 Å². The molecule has 1 aromatic carbocycles. The molecule has 0 aliphatic carbocycles. The molecule has 0 bridgehead atoms. The van der Waals surface area contributed by atoms with Crippen LogP contribution in [-0.2, 0) is 0 Å². The number of benzene rings is 1. The van der Waals surface area contributed by atoms with Crippen LogP contribution in [0.25, 0.3) is 0 Å². The number of hydrogen-bond acceptors (Lipinski definition) is 4. The highest BCUT2D eigenvalue weighted by Gasteiger charge is 2.29. The van der Waals surface area contributed by atoms with Crippen LogP contribution in [0, 0.1) is 6.92 Å². The third-order valence-electron chi connectivity index (χ3n) is 3.58. The van der Waals surface area contributed by atoms with E-state index in [2.05, 4.69) is 49.5 Å². The van der Waals surface area contributed by atoms with Gasteiger partial charge in [0.15, 0.2) is 0 Å². The molecular weight excluding hydrogens is 298 g/mol. The van der Waals surface area contributed by atoms with Gasteiger partial charge < -0.3 is 10.1 Å². The van der Waals surface area contributed by atoms with Crippen molar-refractivity contribution >= 4 is 23.1 Å². The van der Waals surface area contributed by atoms with E-state index < -0.39 is 0 Å². The topological polar surface area (TPSA) is 21.3 Å². The number of para-hydroxylation sites is 1. The molecule has 0 amide bonds. The average molecular weight is 319 g/mol. The summed E-state index contributed by atoms with van der Waals surface area (Å²) in [5.41, 5.74) is 0. The van der Waals surface area contributed by atoms with Gasteiger partial charge in [-0.25, -0.2) is 0 Å². The molecule has 0 saturated carbocycles. The van der Waals surface area contributed by atoms with Gasteiger partial charge in [-0.05, 0) is 44.2 Å². The molecule has 0 fully saturated rings. The number of nitrogens with one attached hydrogen (secondary N) is 1. The largest absolute Gasteiger partial charge is 0.486 e. The number of fused-ring (bicyclic) bond motifs is 1. The quantitative estimate of drug-likeness (QED) is 0.866. The first-order chi connectivity index (χ1) is 10.3. The van der Waals surface area contributed by atoms with Crippen molar-refractivity contribution < 1.29 is 4.74 Å². The van der Waals surface area contributed by atoms with E-state index in [1.807, 2.05) is 29.2 Å². The fraction of sp³-hybridized carbons (Fsp3) is 0.412. The van der Waals surface area contributed by atoms with Crippen LogP contribution in [0.15, 0.2) is 41.3 Å². The highest BCUT2D eigenvalue weighted by molar-refractivity contribution is 7.99. The summed E-state index contributed by atoms with van der Waals surface area (Å²) in [5, 5.41) is 3.67. The molecule has 2 aromatic rings. The lowest BCUT2D eigenvalue weighted by Crippen LogP contribution is -2.38. The van der Waals surface area contributed by atoms with E-state index in [0.29, 0.717) is 0 Å². The molecule has 21 heavy (non-hydrogen) atoms. The van der Waals surface area contributed by atoms with Crippen LogP contribution in [0.1, 0.15) is 29.1 Å². The van der Waals surface area contributed by atoms with Gasteiger partial charge in [0, 0.05) is 20.4 Å². The second-order valence-electron chi connectivity index (χ2n) is 5.29. The Morgan fingerprint density at radius 1 is 1.29 bits per heavy atom. The number of ether oxygens (including phenoxy) is 1. The molecule has 1 aromatic heterocycles. The van der Waals surface area contributed by atoms with E-state index in [1.54, 1.807) is 0 Å². The second kappa shape index (κ2) is 6.86. The lowest BCUT2D eigenvalue weighted by Gasteiger charge is -2.32. The lowest BCUT2D eigenvalue weighted by molar-refractivity contribution is 0.168. The first-order valence-electron chi connectivity index (χ1n) is 7.46. The van der Waals surface area contributed by atoms with Crippen LogP contribution in [-0.4, -0.2) is 18.4 Å². The van der Waals surface area contributed by atoms with E-state index in [0.717, 1.165) is 24.5 Å². The zero-order valence-electron chi connectivity index (χ0n) is 12.5. The third-order valence-corrected chi connectivity index (χ3v) is 5.81. The van der Waals surface area contributed by atoms with Crippen LogP contribution >= 0.6 is 23.1 Å². The summed E-state index contributed by atoms with van der Waals surface area (Å²) in [6.07, 6.45) is 1.33. The summed E-state index contributed by atoms with van der Waals surface area (Å²) in [6, 6.07) is 13.1. The molecule has 112 valence electrons. The first-order valence-corrected chi connectivity index (χ1v) is 9.26. The summed E-state index contributed by atoms with van der Waals surface area (Å²) >= 11 is 3.77. The summed E-state index contributed by atoms with van der Waals surface area (Å²) < 4.78 is 6.28. The first kappa shape index (κ1) is 14.9. The van der Waals surface area contributed by atoms with E-state index in [9.17, 15) is 0 Å². The molecule has 1 aliphatic rings. The van der Waals surface area contributed by atoms with Crippen LogP contribution in [0.4, 0.5) is 0 Å². The maximum Gasteiger partial charge on any atom is 0.133 e. The van der Waals surface area contributed by atoms with Crippen LogP contribution in [0.2, 0.25) is 0 Å². The van der Waals surface area contributed by atoms with Crippen molar-refractivity contribution in [2.75, 3.05) is 12.3 Å². The Kier molecular flexibility index (Phi) is 4.88. The molecule has 0 saturated heterocycles. The number of hydrogen-bond donors (Lipinski definition) is 1. The molecule has 4 heteroatoms. The van der Waals surface area contributed by atoms with Crippen molar-refractivity contribution in [3.63, 3.8) is 0 Å². The molecule has 2 heterocycles. The Hall–Kier alpha value is -0.970. The fourth-order valence-corrected chi connectivity index (χ4v) is 4.58. The van der Waals surface area contributed by atoms with Crippen molar-refractivity contribution in [1.82, 2.24) is 5.32 Å². The Bertz CT molecular complexity index is 596. The maximum atomic E-state index is 6.28. The molecule has 1 N–H and O–H groups in total. The standard InChI is InChI=1S/C17H21NOS2/c1-3-10-18-17(16-9-8-12(2)21-16)14-11-20-15-7-5-4-6-13(15)19-14/h4-9,14,17-18H,3,10-11H2,1-2H3. The minimum atomic E-state index is 0.189. The summed E-state index contributed by atoms with van der Waals surface area (Å²) in [4.78, 5) is 3.99. The minimum absolute atomic E-state index is 0.189. The molecule has 0 radical (unpaired) electrons. The highest BCUT2D eigenvalue weighted by Crippen LogP contribution is 2.39. The Morgan fingerprint density at radius 3 is 2.90 bits per heavy atom. The third kappa shape index (κ3) is 3.44. The van der Waals surface area contributed by atoms with Gasteiger partial charge in [-0.3, -0.25) is 0 Å². The van der Waals surface area contributed by atoms with Crippen molar-refractivity contribution in [3.05, 3.63) is 46.2 Å². The molecule has 0 spiro atoms. The van der Waals surface area contributed by atoms with Crippen molar-refractivity contribution in [2.24, 2.45) is 0 Å². The molecule has 2 atom stereocenters. The predicted octanol–water partition coefficient (Wildman–Crippen LogP) is 4.65. The van der Waals surface area contributed by atoms with Gasteiger partial charge in [0.05, 0.1) is 6.04 Å². The summed E-state index contributed by atoms with van der Waals surface area (Å²) in [5.74, 6) is 2.02. The zero-order valence-corrected chi connectivity index (χ0v) is 14.1. The molecule has 2 unspecified atom stereocenters. The number of aryl methyl sites for hydroxylation is 1. The van der Waals surface area contributed by atoms with Gasteiger partial charge >= 0.3 is 0 Å². The maximum absolute atomic E-state index is 6.28. The van der Waals surface area contributed by atoms with E-state index in [-0.39, 0.29) is 12.1 Å². The van der Waals surface area contributed by atoms with Gasteiger partial charge in [-0.1, -0.05) is 19.1 Å². The monoisotopic (exact) mass is 319 g/mol. The Labute approximate surface area is 134 Å². The molecule has 1 aliphatic heterocycles. The Morgan fingerprint density at radius 2 is 2.14 bits per heavy atom. The normalized spacial score (nSPS) is 18.9. The highest BCUT2D eigenvalue weighted by atomic mass is 32.2. The second-order valence-corrected chi connectivity index (χ2v) is 7.68. The van der Waals surface area contributed by atoms with Gasteiger partial charge in [-0.2, -0.15) is 0 Å². The van der Waals surface area contributed by atoms with E-state index >= 15 is 0 Å². The number of rotatable bonds is 5. The van der Waals surface area contributed by atoms with Gasteiger partial charge in [0.2, 0.25) is 0 Å². The minimum Gasteiger partial charge on any atom is -0.486 e. The molecule has 3 rings (SSSR count). The van der Waals surface area contributed by atoms with Crippen molar-refractivity contribution in [1.29, 1.82) is 0 Å². The summed E-state index contributed by atoms with van der Waals surface area (Å²) in [7, 11) is 0. The van der Waals surface area contributed by atoms with Gasteiger partial charge in [0.25, 0.3) is 0 Å². The van der Waals surface area contributed by atoms with Crippen LogP contribution in [0.5, 0.6) is 5.75 Å². The number of thiophene rings is 1. The molecule has 2 nitrogen and oxygen atoms in total. The van der Waals surface area contributed by atoms with Crippen molar-refractivity contribution in [2.45, 2.75) is 37.3 Å². The smallest absolute Gasteiger partial charge is 0.133 e. The number of thioether (sulfide) groups is 1. The van der Waals surface area contributed by atoms with E-state index in [1.165, 1.54) is 14.6 Å². The van der Waals surface area contributed by atoms with E-state index in [4.69, 9.17) is 4.74 Å². The predicted molar refractivity (Wildman–Crippen MR) is 91.7 cm³/mol. The lowest BCUT2D eigenvalue weighted by atomic mass is 10.1. The fourth-order valence-electron chi connectivity index (χ4n) is 2.54. The Balaban J connectivity index is 1.81. The zero-order chi connectivity index (χ0) is 14.7. The molecular formula is C17H21NOS2. The van der Waals surface area contributed by atoms with Crippen LogP contribution in [0.3, 0.4) is 0 Å². The van der Waals surface area contributed by atoms with Crippen LogP contribution < -0.4 is 10.1 Å². The van der Waals surface area contributed by atoms with Crippen molar-refractivity contribution in [3.8, 4) is 5.75 Å². The van der Waals surface area contributed by atoms with Gasteiger partial charge in [-0.15, -0.1) is 23.1 Å². The SMILES string of the molecule is CCCNC(c1ccc(C)s1)C1CSc2ccccc2O1. The average Bonchev–Trinajstić information content (AvgIpc) is 2.94. The summed E-state index contributed by atoms with van der Waals surface area (Å²) in [6.45, 7) is 5.39.